The van der Waals surface area contributed by atoms with E-state index in [-0.39, 0.29) is 6.42 Å². The highest BCUT2D eigenvalue weighted by Gasteiger charge is 2.54. The molecule has 0 aliphatic rings. The number of carboxylic acid groups (broad SMARTS) is 1. The maximum Gasteiger partial charge on any atom is 0.421 e. The van der Waals surface area contributed by atoms with Gasteiger partial charge < -0.3 is 15.9 Å². The van der Waals surface area contributed by atoms with Crippen molar-refractivity contribution in [2.75, 3.05) is 11.5 Å². The molecule has 136 valence electrons. The second kappa shape index (κ2) is 7.49. The minimum absolute atomic E-state index is 0.298. The van der Waals surface area contributed by atoms with E-state index in [1.807, 2.05) is 0 Å². The Morgan fingerprint density at radius 2 is 1.79 bits per heavy atom. The molecule has 0 saturated carbocycles. The molecule has 0 aliphatic carbocycles. The van der Waals surface area contributed by atoms with Gasteiger partial charge in [-0.05, 0) is 12.0 Å². The van der Waals surface area contributed by atoms with Crippen LogP contribution in [0.15, 0.2) is 30.3 Å². The number of aliphatic carboxylic acids is 1. The van der Waals surface area contributed by atoms with Gasteiger partial charge in [-0.2, -0.15) is 13.2 Å². The van der Waals surface area contributed by atoms with Crippen molar-refractivity contribution in [1.29, 1.82) is 4.78 Å². The largest absolute Gasteiger partial charge is 0.480 e. The van der Waals surface area contributed by atoms with E-state index in [1.54, 1.807) is 0 Å². The lowest BCUT2D eigenvalue weighted by molar-refractivity contribution is -0.267. The predicted molar refractivity (Wildman–Crippen MR) is 81.8 cm³/mol. The van der Waals surface area contributed by atoms with Gasteiger partial charge in [0.25, 0.3) is 0 Å². The van der Waals surface area contributed by atoms with Crippen LogP contribution in [0.2, 0.25) is 0 Å². The van der Waals surface area contributed by atoms with Gasteiger partial charge in [0, 0.05) is 27.7 Å². The van der Waals surface area contributed by atoms with Crippen LogP contribution in [0, 0.1) is 4.78 Å². The summed E-state index contributed by atoms with van der Waals surface area (Å²) in [6.45, 7) is 0. The number of alkyl halides is 3. The number of carbonyl (C=O) groups is 1. The number of nitrogens with two attached hydrogens (primary N) is 1. The minimum atomic E-state index is -5.01. The van der Waals surface area contributed by atoms with Crippen LogP contribution in [-0.2, 0) is 20.1 Å². The van der Waals surface area contributed by atoms with Crippen molar-refractivity contribution in [2.24, 2.45) is 5.73 Å². The fraction of sp³-hybridized carbons (Fsp3) is 0.500. The highest BCUT2D eigenvalue weighted by Crippen LogP contribution is 2.41. The Labute approximate surface area is 137 Å². The molecule has 6 nitrogen and oxygen atoms in total. The van der Waals surface area contributed by atoms with E-state index in [4.69, 9.17) is 15.6 Å². The third-order valence-electron chi connectivity index (χ3n) is 3.59. The SMILES string of the molecule is N=[S@@](=O)(CC[C@H](N)C(=O)O)CC[C@@](O)(c1ccccc1)C(F)(F)F. The summed E-state index contributed by atoms with van der Waals surface area (Å²) in [5.74, 6) is -2.53. The molecular formula is C14H19F3N2O4S. The van der Waals surface area contributed by atoms with Gasteiger partial charge in [0.05, 0.1) is 0 Å². The Morgan fingerprint density at radius 1 is 1.25 bits per heavy atom. The highest BCUT2D eigenvalue weighted by molar-refractivity contribution is 7.92. The number of halogens is 3. The van der Waals surface area contributed by atoms with E-state index < -0.39 is 57.0 Å². The average Bonchev–Trinajstić information content (AvgIpc) is 2.50. The number of benzene rings is 1. The first-order valence-corrected chi connectivity index (χ1v) is 8.86. The third-order valence-corrected chi connectivity index (χ3v) is 5.35. The molecule has 0 heterocycles. The van der Waals surface area contributed by atoms with Crippen molar-refractivity contribution in [2.45, 2.75) is 30.7 Å². The Morgan fingerprint density at radius 3 is 2.25 bits per heavy atom. The first-order valence-electron chi connectivity index (χ1n) is 6.96. The van der Waals surface area contributed by atoms with Crippen LogP contribution in [0.4, 0.5) is 13.2 Å². The van der Waals surface area contributed by atoms with Crippen molar-refractivity contribution < 1.29 is 32.4 Å². The van der Waals surface area contributed by atoms with E-state index in [2.05, 4.69) is 0 Å². The molecule has 0 fully saturated rings. The van der Waals surface area contributed by atoms with E-state index in [0.717, 1.165) is 12.1 Å². The zero-order chi connectivity index (χ0) is 18.6. The van der Waals surface area contributed by atoms with Gasteiger partial charge >= 0.3 is 12.1 Å². The molecule has 1 aromatic rings. The number of hydrogen-bond donors (Lipinski definition) is 4. The Bertz CT molecular complexity index is 664. The Kier molecular flexibility index (Phi) is 6.37. The van der Waals surface area contributed by atoms with E-state index in [1.165, 1.54) is 18.2 Å². The van der Waals surface area contributed by atoms with E-state index in [0.29, 0.717) is 0 Å². The van der Waals surface area contributed by atoms with Gasteiger partial charge in [-0.15, -0.1) is 0 Å². The smallest absolute Gasteiger partial charge is 0.421 e. The van der Waals surface area contributed by atoms with Gasteiger partial charge in [-0.3, -0.25) is 9.57 Å². The second-order valence-electron chi connectivity index (χ2n) is 5.43. The summed E-state index contributed by atoms with van der Waals surface area (Å²) in [6, 6.07) is 5.00. The van der Waals surface area contributed by atoms with Gasteiger partial charge in [-0.25, -0.2) is 4.21 Å². The zero-order valence-electron chi connectivity index (χ0n) is 12.6. The molecule has 0 radical (unpaired) electrons. The van der Waals surface area contributed by atoms with Crippen molar-refractivity contribution >= 4 is 15.7 Å². The molecule has 0 amide bonds. The normalized spacial score (nSPS) is 18.4. The van der Waals surface area contributed by atoms with Gasteiger partial charge in [0.1, 0.15) is 6.04 Å². The third kappa shape index (κ3) is 5.18. The lowest BCUT2D eigenvalue weighted by Crippen LogP contribution is -2.44. The molecule has 0 spiro atoms. The fourth-order valence-electron chi connectivity index (χ4n) is 2.02. The molecule has 0 aromatic heterocycles. The van der Waals surface area contributed by atoms with Crippen LogP contribution >= 0.6 is 0 Å². The molecule has 1 rings (SSSR count). The maximum atomic E-state index is 13.3. The molecule has 3 atom stereocenters. The van der Waals surface area contributed by atoms with E-state index in [9.17, 15) is 27.3 Å². The molecule has 1 aromatic carbocycles. The van der Waals surface area contributed by atoms with Crippen LogP contribution < -0.4 is 5.73 Å². The van der Waals surface area contributed by atoms with Crippen LogP contribution in [0.3, 0.4) is 0 Å². The number of rotatable bonds is 8. The van der Waals surface area contributed by atoms with Crippen LogP contribution in [0.1, 0.15) is 18.4 Å². The lowest BCUT2D eigenvalue weighted by Gasteiger charge is -2.31. The molecular weight excluding hydrogens is 349 g/mol. The van der Waals surface area contributed by atoms with Crippen molar-refractivity contribution in [3.63, 3.8) is 0 Å². The lowest BCUT2D eigenvalue weighted by atomic mass is 9.90. The monoisotopic (exact) mass is 368 g/mol. The van der Waals surface area contributed by atoms with E-state index >= 15 is 0 Å². The molecule has 0 aliphatic heterocycles. The summed E-state index contributed by atoms with van der Waals surface area (Å²) in [5, 5.41) is 18.7. The van der Waals surface area contributed by atoms with Crippen molar-refractivity contribution in [3.05, 3.63) is 35.9 Å². The number of hydrogen-bond acceptors (Lipinski definition) is 5. The summed E-state index contributed by atoms with van der Waals surface area (Å²) in [7, 11) is -3.51. The zero-order valence-corrected chi connectivity index (χ0v) is 13.4. The first-order chi connectivity index (χ1) is 10.9. The number of carboxylic acids is 1. The summed E-state index contributed by atoms with van der Waals surface area (Å²) in [5.41, 5.74) is 1.59. The molecule has 10 heteroatoms. The van der Waals surface area contributed by atoms with Crippen LogP contribution in [0.25, 0.3) is 0 Å². The van der Waals surface area contributed by atoms with Gasteiger partial charge in [0.2, 0.25) is 0 Å². The summed E-state index contributed by atoms with van der Waals surface area (Å²) >= 11 is 0. The quantitative estimate of drug-likeness (QED) is 0.556. The second-order valence-corrected chi connectivity index (χ2v) is 7.87. The minimum Gasteiger partial charge on any atom is -0.480 e. The first kappa shape index (κ1) is 20.4. The molecule has 24 heavy (non-hydrogen) atoms. The predicted octanol–water partition coefficient (Wildman–Crippen LogP) is 1.68. The standard InChI is InChI=1S/C14H19F3N2O4S/c15-14(16,17)13(22,10-4-2-1-3-5-10)7-9-24(19,23)8-6-11(18)12(20)21/h1-5,11,19,22H,6-9,18H2,(H,20,21)/t11-,13+,24+/m0/s1. The average molecular weight is 368 g/mol. The van der Waals surface area contributed by atoms with Crippen molar-refractivity contribution in [1.82, 2.24) is 0 Å². The fourth-order valence-corrected chi connectivity index (χ4v) is 3.48. The van der Waals surface area contributed by atoms with Gasteiger partial charge in [0.15, 0.2) is 5.60 Å². The Balaban J connectivity index is 2.88. The molecule has 0 bridgehead atoms. The summed E-state index contributed by atoms with van der Waals surface area (Å²) in [4.78, 5) is 10.6. The number of nitrogens with one attached hydrogen (secondary N) is 1. The Hall–Kier alpha value is -1.65. The van der Waals surface area contributed by atoms with Crippen LogP contribution in [-0.4, -0.2) is 44.1 Å². The number of aliphatic hydroxyl groups is 1. The maximum absolute atomic E-state index is 13.3. The summed E-state index contributed by atoms with van der Waals surface area (Å²) < 4.78 is 59.5. The molecule has 5 N–H and O–H groups in total. The molecule has 0 saturated heterocycles. The van der Waals surface area contributed by atoms with Crippen molar-refractivity contribution in [3.8, 4) is 0 Å². The highest BCUT2D eigenvalue weighted by atomic mass is 32.2. The summed E-state index contributed by atoms with van der Waals surface area (Å²) in [6.07, 6.45) is -6.28. The van der Waals surface area contributed by atoms with Gasteiger partial charge in [-0.1, -0.05) is 30.3 Å². The molecule has 0 unspecified atom stereocenters. The topological polar surface area (TPSA) is 124 Å². The van der Waals surface area contributed by atoms with Crippen LogP contribution in [0.5, 0.6) is 0 Å².